The Morgan fingerprint density at radius 3 is 2.44 bits per heavy atom. The molecule has 1 aliphatic rings. The number of hydrogen-bond acceptors (Lipinski definition) is 3. The number of nitrogens with two attached hydrogens (primary N) is 1. The van der Waals surface area contributed by atoms with E-state index in [0.29, 0.717) is 6.42 Å². The number of anilines is 1. The standard InChI is InChI=1S/C21H23N3O3/c1-24-17-10-6-5-9-16(17)21(20(24)27,13-15-7-3-2-4-8-15)14-19(26)23-12-11-18(22)25/h2-10H,11-14H2,1H3,(H2,22,25)(H,23,26). The zero-order valence-corrected chi connectivity index (χ0v) is 15.3. The Hall–Kier alpha value is -3.15. The number of nitrogens with zero attached hydrogens (tertiary/aromatic N) is 1. The number of fused-ring (bicyclic) bond motifs is 1. The molecule has 1 atom stereocenters. The normalized spacial score (nSPS) is 18.3. The monoisotopic (exact) mass is 365 g/mol. The second kappa shape index (κ2) is 7.61. The molecule has 3 amide bonds. The van der Waals surface area contributed by atoms with Gasteiger partial charge in [-0.15, -0.1) is 0 Å². The molecule has 0 aromatic heterocycles. The van der Waals surface area contributed by atoms with Gasteiger partial charge in [0.05, 0.1) is 5.41 Å². The summed E-state index contributed by atoms with van der Waals surface area (Å²) in [5.41, 5.74) is 6.82. The highest BCUT2D eigenvalue weighted by Gasteiger charge is 2.50. The lowest BCUT2D eigenvalue weighted by atomic mass is 9.73. The van der Waals surface area contributed by atoms with Crippen LogP contribution in [-0.4, -0.2) is 31.3 Å². The molecule has 0 fully saturated rings. The van der Waals surface area contributed by atoms with E-state index in [4.69, 9.17) is 5.73 Å². The highest BCUT2D eigenvalue weighted by molar-refractivity contribution is 6.09. The fourth-order valence-electron chi connectivity index (χ4n) is 3.73. The maximum absolute atomic E-state index is 13.3. The zero-order valence-electron chi connectivity index (χ0n) is 15.3. The zero-order chi connectivity index (χ0) is 19.4. The molecule has 2 aromatic rings. The van der Waals surface area contributed by atoms with Crippen molar-refractivity contribution in [2.24, 2.45) is 5.73 Å². The summed E-state index contributed by atoms with van der Waals surface area (Å²) in [5.74, 6) is -0.848. The van der Waals surface area contributed by atoms with Gasteiger partial charge in [0.1, 0.15) is 0 Å². The van der Waals surface area contributed by atoms with E-state index < -0.39 is 11.3 Å². The number of para-hydroxylation sites is 1. The van der Waals surface area contributed by atoms with E-state index in [2.05, 4.69) is 5.32 Å². The molecule has 3 N–H and O–H groups in total. The molecule has 27 heavy (non-hydrogen) atoms. The summed E-state index contributed by atoms with van der Waals surface area (Å²) in [6.07, 6.45) is 0.514. The highest BCUT2D eigenvalue weighted by atomic mass is 16.2. The molecular weight excluding hydrogens is 342 g/mol. The molecule has 1 aliphatic heterocycles. The number of amides is 3. The van der Waals surface area contributed by atoms with Gasteiger partial charge in [-0.1, -0.05) is 48.5 Å². The first-order valence-corrected chi connectivity index (χ1v) is 8.90. The quantitative estimate of drug-likeness (QED) is 0.779. The van der Waals surface area contributed by atoms with Crippen LogP contribution >= 0.6 is 0 Å². The van der Waals surface area contributed by atoms with Gasteiger partial charge in [0, 0.05) is 32.1 Å². The third-order valence-corrected chi connectivity index (χ3v) is 5.00. The Morgan fingerprint density at radius 1 is 1.07 bits per heavy atom. The molecule has 0 aliphatic carbocycles. The molecule has 2 aromatic carbocycles. The van der Waals surface area contributed by atoms with E-state index in [0.717, 1.165) is 16.8 Å². The summed E-state index contributed by atoms with van der Waals surface area (Å²) in [6.45, 7) is 0.168. The Balaban J connectivity index is 1.94. The van der Waals surface area contributed by atoms with E-state index in [1.807, 2.05) is 54.6 Å². The van der Waals surface area contributed by atoms with Crippen molar-refractivity contribution in [1.82, 2.24) is 5.32 Å². The van der Waals surface area contributed by atoms with Crippen molar-refractivity contribution >= 4 is 23.4 Å². The van der Waals surface area contributed by atoms with Gasteiger partial charge in [-0.05, 0) is 23.6 Å². The van der Waals surface area contributed by atoms with Gasteiger partial charge in [0.2, 0.25) is 17.7 Å². The molecule has 1 unspecified atom stereocenters. The van der Waals surface area contributed by atoms with Gasteiger partial charge in [0.15, 0.2) is 0 Å². The Morgan fingerprint density at radius 2 is 1.74 bits per heavy atom. The van der Waals surface area contributed by atoms with Crippen molar-refractivity contribution in [3.63, 3.8) is 0 Å². The van der Waals surface area contributed by atoms with Gasteiger partial charge in [0.25, 0.3) is 0 Å². The minimum absolute atomic E-state index is 0.0147. The predicted octanol–water partition coefficient (Wildman–Crippen LogP) is 1.53. The maximum Gasteiger partial charge on any atom is 0.238 e. The van der Waals surface area contributed by atoms with E-state index in [-0.39, 0.29) is 31.2 Å². The number of hydrogen-bond donors (Lipinski definition) is 2. The van der Waals surface area contributed by atoms with Crippen LogP contribution in [-0.2, 0) is 26.2 Å². The first-order valence-electron chi connectivity index (χ1n) is 8.90. The molecule has 1 heterocycles. The van der Waals surface area contributed by atoms with Crippen LogP contribution in [0, 0.1) is 0 Å². The average molecular weight is 365 g/mol. The van der Waals surface area contributed by atoms with E-state index in [9.17, 15) is 14.4 Å². The summed E-state index contributed by atoms with van der Waals surface area (Å²) < 4.78 is 0. The molecule has 140 valence electrons. The highest BCUT2D eigenvalue weighted by Crippen LogP contribution is 2.45. The lowest BCUT2D eigenvalue weighted by molar-refractivity contribution is -0.129. The largest absolute Gasteiger partial charge is 0.370 e. The number of carbonyl (C=O) groups is 3. The molecule has 0 radical (unpaired) electrons. The predicted molar refractivity (Wildman–Crippen MR) is 103 cm³/mol. The van der Waals surface area contributed by atoms with Crippen LogP contribution in [0.1, 0.15) is 24.0 Å². The number of primary amides is 1. The van der Waals surface area contributed by atoms with Crippen molar-refractivity contribution in [3.8, 4) is 0 Å². The molecule has 0 saturated heterocycles. The third-order valence-electron chi connectivity index (χ3n) is 5.00. The fourth-order valence-corrected chi connectivity index (χ4v) is 3.73. The molecule has 3 rings (SSSR count). The summed E-state index contributed by atoms with van der Waals surface area (Å²) in [5, 5.41) is 2.71. The summed E-state index contributed by atoms with van der Waals surface area (Å²) in [4.78, 5) is 38.4. The SMILES string of the molecule is CN1C(=O)C(CC(=O)NCCC(N)=O)(Cc2ccccc2)c2ccccc21. The fraction of sp³-hybridized carbons (Fsp3) is 0.286. The van der Waals surface area contributed by atoms with Gasteiger partial charge in [-0.3, -0.25) is 14.4 Å². The van der Waals surface area contributed by atoms with Crippen molar-refractivity contribution in [2.45, 2.75) is 24.7 Å². The lowest BCUT2D eigenvalue weighted by Gasteiger charge is -2.28. The van der Waals surface area contributed by atoms with E-state index >= 15 is 0 Å². The van der Waals surface area contributed by atoms with Crippen LogP contribution < -0.4 is 16.0 Å². The molecule has 6 heteroatoms. The lowest BCUT2D eigenvalue weighted by Crippen LogP contribution is -2.44. The third kappa shape index (κ3) is 3.69. The van der Waals surface area contributed by atoms with Crippen LogP contribution in [0.5, 0.6) is 0 Å². The molecule has 6 nitrogen and oxygen atoms in total. The van der Waals surface area contributed by atoms with Crippen LogP contribution in [0.3, 0.4) is 0 Å². The number of nitrogens with one attached hydrogen (secondary N) is 1. The Bertz CT molecular complexity index is 866. The van der Waals surface area contributed by atoms with Crippen LogP contribution in [0.15, 0.2) is 54.6 Å². The maximum atomic E-state index is 13.3. The topological polar surface area (TPSA) is 92.5 Å². The van der Waals surface area contributed by atoms with Crippen LogP contribution in [0.4, 0.5) is 5.69 Å². The Labute approximate surface area is 158 Å². The second-order valence-corrected chi connectivity index (χ2v) is 6.87. The van der Waals surface area contributed by atoms with Gasteiger partial charge < -0.3 is 16.0 Å². The first-order chi connectivity index (χ1) is 12.9. The minimum atomic E-state index is -0.969. The molecule has 0 spiro atoms. The molecule has 0 saturated carbocycles. The molecular formula is C21H23N3O3. The first kappa shape index (κ1) is 18.6. The van der Waals surface area contributed by atoms with Crippen molar-refractivity contribution < 1.29 is 14.4 Å². The summed E-state index contributed by atoms with van der Waals surface area (Å²) >= 11 is 0. The average Bonchev–Trinajstić information content (AvgIpc) is 2.85. The van der Waals surface area contributed by atoms with Crippen molar-refractivity contribution in [1.29, 1.82) is 0 Å². The second-order valence-electron chi connectivity index (χ2n) is 6.87. The van der Waals surface area contributed by atoms with Gasteiger partial charge in [-0.25, -0.2) is 0 Å². The number of benzene rings is 2. The van der Waals surface area contributed by atoms with Crippen LogP contribution in [0.25, 0.3) is 0 Å². The van der Waals surface area contributed by atoms with Crippen molar-refractivity contribution in [2.75, 3.05) is 18.5 Å². The van der Waals surface area contributed by atoms with Crippen molar-refractivity contribution in [3.05, 3.63) is 65.7 Å². The Kier molecular flexibility index (Phi) is 5.26. The minimum Gasteiger partial charge on any atom is -0.370 e. The van der Waals surface area contributed by atoms with Gasteiger partial charge >= 0.3 is 0 Å². The number of rotatable bonds is 7. The summed E-state index contributed by atoms with van der Waals surface area (Å²) in [7, 11) is 1.74. The van der Waals surface area contributed by atoms with Gasteiger partial charge in [-0.2, -0.15) is 0 Å². The summed E-state index contributed by atoms with van der Waals surface area (Å²) in [6, 6.07) is 17.3. The van der Waals surface area contributed by atoms with E-state index in [1.165, 1.54) is 0 Å². The number of likely N-dealkylation sites (N-methyl/N-ethyl adjacent to an activating group) is 1. The van der Waals surface area contributed by atoms with E-state index in [1.54, 1.807) is 11.9 Å². The smallest absolute Gasteiger partial charge is 0.238 e. The van der Waals surface area contributed by atoms with Crippen LogP contribution in [0.2, 0.25) is 0 Å². The number of carbonyl (C=O) groups excluding carboxylic acids is 3. The molecule has 0 bridgehead atoms.